The Kier molecular flexibility index (Phi) is 4.28. The van der Waals surface area contributed by atoms with Crippen molar-refractivity contribution in [2.45, 2.75) is 51.5 Å². The zero-order valence-corrected chi connectivity index (χ0v) is 11.7. The fraction of sp³-hybridized carbons (Fsp3) is 0.923. The van der Waals surface area contributed by atoms with Gasteiger partial charge in [-0.1, -0.05) is 35.2 Å². The normalized spacial score (nSPS) is 29.8. The SMILES string of the molecule is C[C@@H](C1CCCCC1)N1CC(CBr)CC1=O. The van der Waals surface area contributed by atoms with Gasteiger partial charge in [0.2, 0.25) is 5.91 Å². The minimum Gasteiger partial charge on any atom is -0.339 e. The Hall–Kier alpha value is -0.0500. The van der Waals surface area contributed by atoms with Gasteiger partial charge in [-0.2, -0.15) is 0 Å². The number of amides is 1. The van der Waals surface area contributed by atoms with E-state index in [0.717, 1.165) is 24.2 Å². The van der Waals surface area contributed by atoms with Crippen molar-refractivity contribution in [2.24, 2.45) is 11.8 Å². The second-order valence-electron chi connectivity index (χ2n) is 5.41. The quantitative estimate of drug-likeness (QED) is 0.730. The van der Waals surface area contributed by atoms with Crippen LogP contribution in [0.1, 0.15) is 45.4 Å². The van der Waals surface area contributed by atoms with Gasteiger partial charge in [0.1, 0.15) is 0 Å². The summed E-state index contributed by atoms with van der Waals surface area (Å²) in [6.07, 6.45) is 7.51. The molecule has 0 aromatic heterocycles. The van der Waals surface area contributed by atoms with E-state index >= 15 is 0 Å². The molecule has 1 unspecified atom stereocenters. The Morgan fingerprint density at radius 2 is 2.06 bits per heavy atom. The molecule has 1 aliphatic carbocycles. The predicted molar refractivity (Wildman–Crippen MR) is 69.7 cm³/mol. The number of halogens is 1. The number of likely N-dealkylation sites (tertiary alicyclic amines) is 1. The zero-order chi connectivity index (χ0) is 11.5. The summed E-state index contributed by atoms with van der Waals surface area (Å²) in [6, 6.07) is 0.469. The molecular weight excluding hydrogens is 266 g/mol. The Labute approximate surface area is 107 Å². The molecule has 2 atom stereocenters. The lowest BCUT2D eigenvalue weighted by Gasteiger charge is -2.34. The molecule has 0 bridgehead atoms. The van der Waals surface area contributed by atoms with Crippen LogP contribution in [0.3, 0.4) is 0 Å². The molecule has 0 radical (unpaired) electrons. The standard InChI is InChI=1S/C13H22BrNO/c1-10(12-5-3-2-4-6-12)15-9-11(8-14)7-13(15)16/h10-12H,2-9H2,1H3/t10-,11?/m0/s1. The first-order valence-corrected chi connectivity index (χ1v) is 7.70. The number of carbonyl (C=O) groups excluding carboxylic acids is 1. The lowest BCUT2D eigenvalue weighted by atomic mass is 9.84. The first-order valence-electron chi connectivity index (χ1n) is 6.57. The molecule has 0 aromatic rings. The van der Waals surface area contributed by atoms with Crippen LogP contribution in [0.15, 0.2) is 0 Å². The highest BCUT2D eigenvalue weighted by Gasteiger charge is 2.35. The second-order valence-corrected chi connectivity index (χ2v) is 6.06. The highest BCUT2D eigenvalue weighted by Crippen LogP contribution is 2.32. The second kappa shape index (κ2) is 5.52. The molecule has 1 saturated carbocycles. The smallest absolute Gasteiger partial charge is 0.223 e. The van der Waals surface area contributed by atoms with E-state index in [9.17, 15) is 4.79 Å². The molecule has 1 heterocycles. The van der Waals surface area contributed by atoms with Gasteiger partial charge in [0.15, 0.2) is 0 Å². The van der Waals surface area contributed by atoms with Crippen molar-refractivity contribution in [1.29, 1.82) is 0 Å². The fourth-order valence-electron chi connectivity index (χ4n) is 3.18. The highest BCUT2D eigenvalue weighted by atomic mass is 79.9. The third-order valence-electron chi connectivity index (χ3n) is 4.28. The zero-order valence-electron chi connectivity index (χ0n) is 10.1. The van der Waals surface area contributed by atoms with E-state index in [2.05, 4.69) is 27.8 Å². The summed E-state index contributed by atoms with van der Waals surface area (Å²) in [5, 5.41) is 0.965. The number of nitrogens with zero attached hydrogens (tertiary/aromatic N) is 1. The van der Waals surface area contributed by atoms with Crippen LogP contribution in [-0.2, 0) is 4.79 Å². The molecular formula is C13H22BrNO. The number of rotatable bonds is 3. The van der Waals surface area contributed by atoms with Crippen molar-refractivity contribution in [3.05, 3.63) is 0 Å². The number of hydrogen-bond acceptors (Lipinski definition) is 1. The minimum atomic E-state index is 0.377. The molecule has 0 aromatic carbocycles. The highest BCUT2D eigenvalue weighted by molar-refractivity contribution is 9.09. The molecule has 1 amide bonds. The summed E-state index contributed by atoms with van der Waals surface area (Å²) >= 11 is 3.50. The van der Waals surface area contributed by atoms with Crippen LogP contribution < -0.4 is 0 Å². The van der Waals surface area contributed by atoms with Gasteiger partial charge in [0.25, 0.3) is 0 Å². The summed E-state index contributed by atoms with van der Waals surface area (Å²) in [4.78, 5) is 14.1. The van der Waals surface area contributed by atoms with E-state index in [-0.39, 0.29) is 0 Å². The van der Waals surface area contributed by atoms with Crippen molar-refractivity contribution in [3.63, 3.8) is 0 Å². The van der Waals surface area contributed by atoms with Crippen LogP contribution in [0.2, 0.25) is 0 Å². The molecule has 1 saturated heterocycles. The van der Waals surface area contributed by atoms with Gasteiger partial charge in [-0.15, -0.1) is 0 Å². The molecule has 0 spiro atoms. The van der Waals surface area contributed by atoms with E-state index < -0.39 is 0 Å². The third-order valence-corrected chi connectivity index (χ3v) is 5.20. The van der Waals surface area contributed by atoms with Gasteiger partial charge in [0, 0.05) is 24.3 Å². The van der Waals surface area contributed by atoms with Crippen LogP contribution >= 0.6 is 15.9 Å². The van der Waals surface area contributed by atoms with E-state index in [1.54, 1.807) is 0 Å². The molecule has 2 aliphatic rings. The maximum Gasteiger partial charge on any atom is 0.223 e. The van der Waals surface area contributed by atoms with Crippen molar-refractivity contribution >= 4 is 21.8 Å². The molecule has 2 nitrogen and oxygen atoms in total. The molecule has 2 rings (SSSR count). The summed E-state index contributed by atoms with van der Waals surface area (Å²) in [5.41, 5.74) is 0. The molecule has 2 fully saturated rings. The Bertz CT molecular complexity index is 250. The van der Waals surface area contributed by atoms with Gasteiger partial charge in [-0.3, -0.25) is 4.79 Å². The number of hydrogen-bond donors (Lipinski definition) is 0. The molecule has 16 heavy (non-hydrogen) atoms. The van der Waals surface area contributed by atoms with E-state index in [4.69, 9.17) is 0 Å². The Balaban J connectivity index is 1.93. The largest absolute Gasteiger partial charge is 0.339 e. The predicted octanol–water partition coefficient (Wildman–Crippen LogP) is 3.20. The fourth-order valence-corrected chi connectivity index (χ4v) is 3.61. The summed E-state index contributed by atoms with van der Waals surface area (Å²) in [6.45, 7) is 3.23. The Morgan fingerprint density at radius 3 is 2.62 bits per heavy atom. The average Bonchev–Trinajstić information content (AvgIpc) is 2.71. The van der Waals surface area contributed by atoms with Crippen LogP contribution in [0.5, 0.6) is 0 Å². The average molecular weight is 288 g/mol. The van der Waals surface area contributed by atoms with E-state index in [1.807, 2.05) is 0 Å². The molecule has 92 valence electrons. The maximum atomic E-state index is 11.9. The number of alkyl halides is 1. The van der Waals surface area contributed by atoms with Crippen LogP contribution in [-0.4, -0.2) is 28.7 Å². The van der Waals surface area contributed by atoms with Gasteiger partial charge < -0.3 is 4.90 Å². The van der Waals surface area contributed by atoms with Gasteiger partial charge in [-0.05, 0) is 31.6 Å². The first-order chi connectivity index (χ1) is 7.72. The maximum absolute atomic E-state index is 11.9. The van der Waals surface area contributed by atoms with E-state index in [0.29, 0.717) is 17.9 Å². The molecule has 3 heteroatoms. The lowest BCUT2D eigenvalue weighted by Crippen LogP contribution is -2.40. The lowest BCUT2D eigenvalue weighted by molar-refractivity contribution is -0.130. The van der Waals surface area contributed by atoms with Crippen molar-refractivity contribution < 1.29 is 4.79 Å². The van der Waals surface area contributed by atoms with E-state index in [1.165, 1.54) is 32.1 Å². The molecule has 1 aliphatic heterocycles. The Morgan fingerprint density at radius 1 is 1.38 bits per heavy atom. The van der Waals surface area contributed by atoms with Crippen molar-refractivity contribution in [1.82, 2.24) is 4.90 Å². The number of carbonyl (C=O) groups is 1. The van der Waals surface area contributed by atoms with Gasteiger partial charge in [0.05, 0.1) is 0 Å². The first kappa shape index (κ1) is 12.4. The van der Waals surface area contributed by atoms with Crippen molar-refractivity contribution in [3.8, 4) is 0 Å². The van der Waals surface area contributed by atoms with Crippen LogP contribution in [0.4, 0.5) is 0 Å². The van der Waals surface area contributed by atoms with Crippen molar-refractivity contribution in [2.75, 3.05) is 11.9 Å². The van der Waals surface area contributed by atoms with Gasteiger partial charge in [-0.25, -0.2) is 0 Å². The van der Waals surface area contributed by atoms with Crippen LogP contribution in [0.25, 0.3) is 0 Å². The topological polar surface area (TPSA) is 20.3 Å². The summed E-state index contributed by atoms with van der Waals surface area (Å²) in [5.74, 6) is 1.67. The summed E-state index contributed by atoms with van der Waals surface area (Å²) < 4.78 is 0. The minimum absolute atomic E-state index is 0.377. The molecule has 0 N–H and O–H groups in total. The van der Waals surface area contributed by atoms with Crippen LogP contribution in [0, 0.1) is 11.8 Å². The monoisotopic (exact) mass is 287 g/mol. The third kappa shape index (κ3) is 2.61. The van der Waals surface area contributed by atoms with Gasteiger partial charge >= 0.3 is 0 Å². The summed E-state index contributed by atoms with van der Waals surface area (Å²) in [7, 11) is 0.